The zero-order valence-electron chi connectivity index (χ0n) is 28.9. The minimum atomic E-state index is 0.574. The third kappa shape index (κ3) is 4.83. The molecule has 0 aliphatic rings. The Hall–Kier alpha value is -7.37. The van der Waals surface area contributed by atoms with Crippen molar-refractivity contribution in [2.75, 3.05) is 4.90 Å². The lowest BCUT2D eigenvalue weighted by Gasteiger charge is -2.26. The molecule has 0 N–H and O–H groups in total. The van der Waals surface area contributed by atoms with E-state index in [2.05, 4.69) is 114 Å². The average molecular weight is 695 g/mol. The number of hydrogen-bond acceptors (Lipinski definition) is 5. The highest BCUT2D eigenvalue weighted by molar-refractivity contribution is 6.19. The van der Waals surface area contributed by atoms with Gasteiger partial charge in [0.15, 0.2) is 11.2 Å². The van der Waals surface area contributed by atoms with Crippen LogP contribution in [0.1, 0.15) is 0 Å². The van der Waals surface area contributed by atoms with Gasteiger partial charge in [0.25, 0.3) is 0 Å². The summed E-state index contributed by atoms with van der Waals surface area (Å²) in [7, 11) is 0. The molecule has 0 unspecified atom stereocenters. The van der Waals surface area contributed by atoms with Crippen LogP contribution in [-0.2, 0) is 0 Å². The van der Waals surface area contributed by atoms with Gasteiger partial charge >= 0.3 is 0 Å². The molecule has 5 nitrogen and oxygen atoms in total. The van der Waals surface area contributed by atoms with Gasteiger partial charge in [0.2, 0.25) is 5.89 Å². The molecule has 0 bridgehead atoms. The average Bonchev–Trinajstić information content (AvgIpc) is 3.95. The van der Waals surface area contributed by atoms with Crippen molar-refractivity contribution < 1.29 is 13.3 Å². The maximum absolute atomic E-state index is 6.63. The summed E-state index contributed by atoms with van der Waals surface area (Å²) in [6, 6.07) is 62.6. The SMILES string of the molecule is c1ccc(-c2ccc(N(c3ccc(-c4c5oc(-c6ccccc6)nc5cc5oc6ccccc6c45)cc3)c3cccc4c3oc3ccccc34)cc2)cc1. The van der Waals surface area contributed by atoms with Crippen LogP contribution >= 0.6 is 0 Å². The van der Waals surface area contributed by atoms with Crippen LogP contribution in [-0.4, -0.2) is 4.98 Å². The van der Waals surface area contributed by atoms with Gasteiger partial charge in [-0.2, -0.15) is 0 Å². The molecular weight excluding hydrogens is 665 g/mol. The molecule has 0 saturated heterocycles. The fourth-order valence-corrected chi connectivity index (χ4v) is 7.80. The molecule has 0 radical (unpaired) electrons. The van der Waals surface area contributed by atoms with Crippen LogP contribution in [0.15, 0.2) is 195 Å². The largest absolute Gasteiger partial charge is 0.456 e. The maximum atomic E-state index is 6.63. The number of nitrogens with zero attached hydrogens (tertiary/aromatic N) is 2. The van der Waals surface area contributed by atoms with Crippen LogP contribution in [0.5, 0.6) is 0 Å². The second-order valence-electron chi connectivity index (χ2n) is 13.5. The zero-order valence-corrected chi connectivity index (χ0v) is 28.9. The van der Waals surface area contributed by atoms with E-state index in [0.717, 1.165) is 94.3 Å². The van der Waals surface area contributed by atoms with Gasteiger partial charge in [-0.3, -0.25) is 0 Å². The van der Waals surface area contributed by atoms with Crippen molar-refractivity contribution in [3.05, 3.63) is 182 Å². The first-order chi connectivity index (χ1) is 26.8. The summed E-state index contributed by atoms with van der Waals surface area (Å²) in [6.07, 6.45) is 0. The van der Waals surface area contributed by atoms with Crippen LogP contribution in [0.4, 0.5) is 17.1 Å². The molecule has 0 aliphatic heterocycles. The molecule has 0 atom stereocenters. The van der Waals surface area contributed by atoms with Gasteiger partial charge in [0, 0.05) is 50.1 Å². The number of aromatic nitrogens is 1. The van der Waals surface area contributed by atoms with E-state index in [4.69, 9.17) is 18.2 Å². The van der Waals surface area contributed by atoms with Crippen molar-refractivity contribution in [1.29, 1.82) is 0 Å². The Labute approximate surface area is 309 Å². The standard InChI is InChI=1S/C49H30N2O3/c1-3-12-31(13-4-1)32-22-26-35(27-23-32)51(41-19-11-18-38-37-16-7-9-20-42(37)53-47(38)41)36-28-24-33(25-29-36)45-46-39-17-8-10-21-43(39)52-44(46)30-40-48(45)54-49(50-40)34-14-5-2-6-15-34/h1-30H. The van der Waals surface area contributed by atoms with Gasteiger partial charge in [-0.1, -0.05) is 121 Å². The summed E-state index contributed by atoms with van der Waals surface area (Å²) in [5.41, 5.74) is 12.9. The van der Waals surface area contributed by atoms with Crippen molar-refractivity contribution >= 4 is 72.0 Å². The minimum Gasteiger partial charge on any atom is -0.456 e. The van der Waals surface area contributed by atoms with Crippen molar-refractivity contribution in [3.8, 4) is 33.7 Å². The number of oxazole rings is 1. The van der Waals surface area contributed by atoms with Crippen molar-refractivity contribution in [1.82, 2.24) is 4.98 Å². The Morgan fingerprint density at radius 1 is 0.389 bits per heavy atom. The molecule has 5 heteroatoms. The summed E-state index contributed by atoms with van der Waals surface area (Å²) in [5.74, 6) is 0.574. The summed E-state index contributed by atoms with van der Waals surface area (Å²) in [5, 5.41) is 4.20. The smallest absolute Gasteiger partial charge is 0.227 e. The van der Waals surface area contributed by atoms with Crippen LogP contribution in [0.3, 0.4) is 0 Å². The molecule has 8 aromatic carbocycles. The highest BCUT2D eigenvalue weighted by Crippen LogP contribution is 2.46. The number of anilines is 3. The molecule has 0 fully saturated rings. The Bertz CT molecular complexity index is 3140. The Balaban J connectivity index is 1.11. The van der Waals surface area contributed by atoms with Crippen molar-refractivity contribution in [3.63, 3.8) is 0 Å². The lowest BCUT2D eigenvalue weighted by molar-refractivity contribution is 0.621. The second kappa shape index (κ2) is 12.1. The summed E-state index contributed by atoms with van der Waals surface area (Å²) in [6.45, 7) is 0. The summed E-state index contributed by atoms with van der Waals surface area (Å²) >= 11 is 0. The Morgan fingerprint density at radius 3 is 1.69 bits per heavy atom. The van der Waals surface area contributed by atoms with Gasteiger partial charge in [-0.15, -0.1) is 0 Å². The van der Waals surface area contributed by atoms with E-state index in [9.17, 15) is 0 Å². The first-order valence-electron chi connectivity index (χ1n) is 18.0. The molecule has 54 heavy (non-hydrogen) atoms. The fraction of sp³-hybridized carbons (Fsp3) is 0. The van der Waals surface area contributed by atoms with Crippen molar-refractivity contribution in [2.45, 2.75) is 0 Å². The van der Waals surface area contributed by atoms with E-state index in [1.54, 1.807) is 0 Å². The summed E-state index contributed by atoms with van der Waals surface area (Å²) in [4.78, 5) is 7.22. The van der Waals surface area contributed by atoms with E-state index in [1.165, 1.54) is 5.56 Å². The lowest BCUT2D eigenvalue weighted by atomic mass is 9.97. The zero-order chi connectivity index (χ0) is 35.6. The molecule has 254 valence electrons. The Morgan fingerprint density at radius 2 is 0.963 bits per heavy atom. The molecule has 0 amide bonds. The topological polar surface area (TPSA) is 55.6 Å². The highest BCUT2D eigenvalue weighted by Gasteiger charge is 2.23. The quantitative estimate of drug-likeness (QED) is 0.173. The monoisotopic (exact) mass is 694 g/mol. The number of fused-ring (bicyclic) bond motifs is 7. The fourth-order valence-electron chi connectivity index (χ4n) is 7.80. The number of furan rings is 2. The van der Waals surface area contributed by atoms with Crippen molar-refractivity contribution in [2.24, 2.45) is 0 Å². The number of para-hydroxylation sites is 3. The molecule has 3 heterocycles. The molecule has 0 saturated carbocycles. The number of rotatable bonds is 6. The molecular formula is C49H30N2O3. The minimum absolute atomic E-state index is 0.574. The van der Waals surface area contributed by atoms with Crippen LogP contribution in [0.2, 0.25) is 0 Å². The predicted molar refractivity (Wildman–Crippen MR) is 220 cm³/mol. The van der Waals surface area contributed by atoms with Crippen LogP contribution < -0.4 is 4.90 Å². The number of benzene rings is 8. The van der Waals surface area contributed by atoms with Gasteiger partial charge < -0.3 is 18.2 Å². The molecule has 11 rings (SSSR count). The van der Waals surface area contributed by atoms with Crippen LogP contribution in [0.25, 0.3) is 88.7 Å². The number of hydrogen-bond donors (Lipinski definition) is 0. The third-order valence-corrected chi connectivity index (χ3v) is 10.3. The van der Waals surface area contributed by atoms with E-state index < -0.39 is 0 Å². The normalized spacial score (nSPS) is 11.7. The molecule has 11 aromatic rings. The molecule has 0 spiro atoms. The van der Waals surface area contributed by atoms with E-state index in [-0.39, 0.29) is 0 Å². The second-order valence-corrected chi connectivity index (χ2v) is 13.5. The van der Waals surface area contributed by atoms with E-state index >= 15 is 0 Å². The first-order valence-corrected chi connectivity index (χ1v) is 18.0. The molecule has 0 aliphatic carbocycles. The third-order valence-electron chi connectivity index (χ3n) is 10.3. The van der Waals surface area contributed by atoms with E-state index in [1.807, 2.05) is 72.8 Å². The predicted octanol–water partition coefficient (Wildman–Crippen LogP) is 14.1. The van der Waals surface area contributed by atoms with Gasteiger partial charge in [-0.25, -0.2) is 4.98 Å². The van der Waals surface area contributed by atoms with E-state index in [0.29, 0.717) is 5.89 Å². The van der Waals surface area contributed by atoms with Gasteiger partial charge in [-0.05, 0) is 71.3 Å². The first kappa shape index (κ1) is 30.3. The maximum Gasteiger partial charge on any atom is 0.227 e. The van der Waals surface area contributed by atoms with Crippen LogP contribution in [0, 0.1) is 0 Å². The van der Waals surface area contributed by atoms with Gasteiger partial charge in [0.05, 0.1) is 5.69 Å². The Kier molecular flexibility index (Phi) is 6.79. The molecule has 3 aromatic heterocycles. The summed E-state index contributed by atoms with van der Waals surface area (Å²) < 4.78 is 19.6. The lowest BCUT2D eigenvalue weighted by Crippen LogP contribution is -2.10. The highest BCUT2D eigenvalue weighted by atomic mass is 16.4. The van der Waals surface area contributed by atoms with Gasteiger partial charge in [0.1, 0.15) is 22.3 Å².